The molecule has 2 aromatic rings. The first kappa shape index (κ1) is 14.4. The Kier molecular flexibility index (Phi) is 4.45. The minimum Gasteiger partial charge on any atom is -0.454 e. The smallest absolute Gasteiger partial charge is 0.231 e. The Bertz CT molecular complexity index is 636. The van der Waals surface area contributed by atoms with Gasteiger partial charge in [0, 0.05) is 37.1 Å². The van der Waals surface area contributed by atoms with Gasteiger partial charge in [0.15, 0.2) is 11.5 Å². The van der Waals surface area contributed by atoms with Gasteiger partial charge in [-0.2, -0.15) is 0 Å². The Morgan fingerprint density at radius 2 is 2.10 bits per heavy atom. The van der Waals surface area contributed by atoms with Crippen LogP contribution in [0, 0.1) is 0 Å². The molecule has 1 aliphatic heterocycles. The topological polar surface area (TPSA) is 43.8 Å². The number of halogens is 1. The van der Waals surface area contributed by atoms with Crippen LogP contribution in [-0.4, -0.2) is 43.9 Å². The lowest BCUT2D eigenvalue weighted by molar-refractivity contribution is 0.174. The van der Waals surface area contributed by atoms with Crippen molar-refractivity contribution in [2.45, 2.75) is 0 Å². The van der Waals surface area contributed by atoms with Crippen molar-refractivity contribution in [3.63, 3.8) is 0 Å². The molecule has 0 amide bonds. The van der Waals surface area contributed by atoms with Crippen molar-refractivity contribution in [3.05, 3.63) is 24.4 Å². The number of alkyl halides is 1. The van der Waals surface area contributed by atoms with Gasteiger partial charge in [0.1, 0.15) is 5.82 Å². The number of fused-ring (bicyclic) bond motifs is 2. The van der Waals surface area contributed by atoms with Gasteiger partial charge in [0.25, 0.3) is 0 Å². The molecule has 2 heterocycles. The highest BCUT2D eigenvalue weighted by Crippen LogP contribution is 2.38. The predicted octanol–water partition coefficient (Wildman–Crippen LogP) is 2.81. The summed E-state index contributed by atoms with van der Waals surface area (Å²) in [6, 6.07) is 6.00. The van der Waals surface area contributed by atoms with Crippen molar-refractivity contribution >= 4 is 32.5 Å². The lowest BCUT2D eigenvalue weighted by Gasteiger charge is -2.24. The summed E-state index contributed by atoms with van der Waals surface area (Å²) in [5.41, 5.74) is 0. The maximum atomic E-state index is 5.48. The van der Waals surface area contributed by atoms with Gasteiger partial charge >= 0.3 is 0 Å². The third-order valence-corrected chi connectivity index (χ3v) is 3.81. The van der Waals surface area contributed by atoms with E-state index in [1.165, 1.54) is 0 Å². The van der Waals surface area contributed by atoms with Gasteiger partial charge in [0.2, 0.25) is 6.79 Å². The Morgan fingerprint density at radius 1 is 1.29 bits per heavy atom. The van der Waals surface area contributed by atoms with Crippen LogP contribution >= 0.6 is 15.9 Å². The van der Waals surface area contributed by atoms with Crippen molar-refractivity contribution in [1.29, 1.82) is 0 Å². The zero-order valence-electron chi connectivity index (χ0n) is 11.8. The number of benzene rings is 1. The van der Waals surface area contributed by atoms with E-state index in [1.54, 1.807) is 7.11 Å². The highest BCUT2D eigenvalue weighted by atomic mass is 79.9. The minimum atomic E-state index is 0.281. The predicted molar refractivity (Wildman–Crippen MR) is 85.7 cm³/mol. The Morgan fingerprint density at radius 3 is 2.86 bits per heavy atom. The second kappa shape index (κ2) is 6.49. The summed E-state index contributed by atoms with van der Waals surface area (Å²) in [5, 5.41) is 3.04. The third kappa shape index (κ3) is 2.91. The number of pyridine rings is 1. The SMILES string of the molecule is COCCN(CCBr)c1nccc2cc3c(cc12)OCO3. The van der Waals surface area contributed by atoms with E-state index in [9.17, 15) is 0 Å². The summed E-state index contributed by atoms with van der Waals surface area (Å²) in [6.07, 6.45) is 1.83. The van der Waals surface area contributed by atoms with Crippen molar-refractivity contribution in [1.82, 2.24) is 4.98 Å². The molecule has 5 nitrogen and oxygen atoms in total. The van der Waals surface area contributed by atoms with Crippen LogP contribution in [-0.2, 0) is 4.74 Å². The van der Waals surface area contributed by atoms with E-state index in [0.29, 0.717) is 6.61 Å². The highest BCUT2D eigenvalue weighted by Gasteiger charge is 2.18. The molecule has 6 heteroatoms. The van der Waals surface area contributed by atoms with Crippen LogP contribution in [0.2, 0.25) is 0 Å². The average Bonchev–Trinajstić information content (AvgIpc) is 2.96. The molecule has 0 bridgehead atoms. The summed E-state index contributed by atoms with van der Waals surface area (Å²) in [5.74, 6) is 2.52. The van der Waals surface area contributed by atoms with Crippen LogP contribution < -0.4 is 14.4 Å². The fraction of sp³-hybridized carbons (Fsp3) is 0.400. The lowest BCUT2D eigenvalue weighted by Crippen LogP contribution is -2.30. The van der Waals surface area contributed by atoms with E-state index in [4.69, 9.17) is 14.2 Å². The van der Waals surface area contributed by atoms with Gasteiger partial charge < -0.3 is 19.1 Å². The fourth-order valence-electron chi connectivity index (χ4n) is 2.43. The van der Waals surface area contributed by atoms with Crippen molar-refractivity contribution < 1.29 is 14.2 Å². The standard InChI is InChI=1S/C15H17BrN2O3/c1-19-7-6-18(5-3-16)15-12-9-14-13(20-10-21-14)8-11(12)2-4-17-15/h2,4,8-9H,3,5-7,10H2,1H3. The number of hydrogen-bond acceptors (Lipinski definition) is 5. The number of hydrogen-bond donors (Lipinski definition) is 0. The summed E-state index contributed by atoms with van der Waals surface area (Å²) in [4.78, 5) is 6.77. The molecule has 21 heavy (non-hydrogen) atoms. The second-order valence-electron chi connectivity index (χ2n) is 4.73. The lowest BCUT2D eigenvalue weighted by atomic mass is 10.1. The number of nitrogens with zero attached hydrogens (tertiary/aromatic N) is 2. The summed E-state index contributed by atoms with van der Waals surface area (Å²) in [6.45, 7) is 2.60. The number of anilines is 1. The molecule has 112 valence electrons. The monoisotopic (exact) mass is 352 g/mol. The van der Waals surface area contributed by atoms with Crippen LogP contribution in [0.3, 0.4) is 0 Å². The molecule has 0 aliphatic carbocycles. The minimum absolute atomic E-state index is 0.281. The van der Waals surface area contributed by atoms with Crippen LogP contribution in [0.1, 0.15) is 0 Å². The van der Waals surface area contributed by atoms with Gasteiger partial charge in [-0.25, -0.2) is 4.98 Å². The number of aromatic nitrogens is 1. The molecule has 3 rings (SSSR count). The molecule has 1 aromatic carbocycles. The van der Waals surface area contributed by atoms with Crippen molar-refractivity contribution in [3.8, 4) is 11.5 Å². The van der Waals surface area contributed by atoms with Crippen LogP contribution in [0.4, 0.5) is 5.82 Å². The average molecular weight is 353 g/mol. The summed E-state index contributed by atoms with van der Waals surface area (Å²) >= 11 is 3.50. The molecule has 0 saturated heterocycles. The summed E-state index contributed by atoms with van der Waals surface area (Å²) in [7, 11) is 1.71. The Hall–Kier alpha value is -1.53. The van der Waals surface area contributed by atoms with Gasteiger partial charge in [-0.3, -0.25) is 0 Å². The molecular formula is C15H17BrN2O3. The van der Waals surface area contributed by atoms with E-state index >= 15 is 0 Å². The third-order valence-electron chi connectivity index (χ3n) is 3.46. The number of methoxy groups -OCH3 is 1. The number of ether oxygens (including phenoxy) is 3. The first-order valence-corrected chi connectivity index (χ1v) is 7.94. The highest BCUT2D eigenvalue weighted by molar-refractivity contribution is 9.09. The fourth-order valence-corrected chi connectivity index (χ4v) is 2.85. The molecule has 0 unspecified atom stereocenters. The van der Waals surface area contributed by atoms with Gasteiger partial charge in [-0.15, -0.1) is 0 Å². The first-order chi connectivity index (χ1) is 10.3. The Balaban J connectivity index is 2.03. The normalized spacial score (nSPS) is 12.9. The molecule has 0 N–H and O–H groups in total. The molecule has 0 fully saturated rings. The van der Waals surface area contributed by atoms with Crippen molar-refractivity contribution in [2.75, 3.05) is 43.8 Å². The quantitative estimate of drug-likeness (QED) is 0.748. The largest absolute Gasteiger partial charge is 0.454 e. The second-order valence-corrected chi connectivity index (χ2v) is 5.52. The molecule has 0 atom stereocenters. The maximum absolute atomic E-state index is 5.48. The molecule has 0 spiro atoms. The maximum Gasteiger partial charge on any atom is 0.231 e. The zero-order chi connectivity index (χ0) is 14.7. The Labute approximate surface area is 131 Å². The molecule has 1 aliphatic rings. The molecule has 1 aromatic heterocycles. The van der Waals surface area contributed by atoms with E-state index in [2.05, 4.69) is 25.8 Å². The van der Waals surface area contributed by atoms with Gasteiger partial charge in [0.05, 0.1) is 6.61 Å². The van der Waals surface area contributed by atoms with Crippen LogP contribution in [0.5, 0.6) is 11.5 Å². The van der Waals surface area contributed by atoms with Gasteiger partial charge in [-0.05, 0) is 23.6 Å². The van der Waals surface area contributed by atoms with Crippen molar-refractivity contribution in [2.24, 2.45) is 0 Å². The summed E-state index contributed by atoms with van der Waals surface area (Å²) < 4.78 is 16.1. The van der Waals surface area contributed by atoms with Crippen LogP contribution in [0.25, 0.3) is 10.8 Å². The molecule has 0 saturated carbocycles. The first-order valence-electron chi connectivity index (χ1n) is 6.81. The van der Waals surface area contributed by atoms with E-state index in [1.807, 2.05) is 24.4 Å². The number of rotatable bonds is 6. The van der Waals surface area contributed by atoms with E-state index in [-0.39, 0.29) is 6.79 Å². The van der Waals surface area contributed by atoms with E-state index < -0.39 is 0 Å². The van der Waals surface area contributed by atoms with Crippen LogP contribution in [0.15, 0.2) is 24.4 Å². The van der Waals surface area contributed by atoms with E-state index in [0.717, 1.165) is 46.5 Å². The molecule has 0 radical (unpaired) electrons. The van der Waals surface area contributed by atoms with Gasteiger partial charge in [-0.1, -0.05) is 15.9 Å². The molecular weight excluding hydrogens is 336 g/mol. The zero-order valence-corrected chi connectivity index (χ0v) is 13.4.